The van der Waals surface area contributed by atoms with Crippen LogP contribution in [0.2, 0.25) is 0 Å². The molecule has 194 valence electrons. The zero-order valence-corrected chi connectivity index (χ0v) is 21.5. The number of ether oxygens (including phenoxy) is 3. The molecule has 0 fully saturated rings. The van der Waals surface area contributed by atoms with Crippen molar-refractivity contribution >= 4 is 17.4 Å². The number of allylic oxidation sites excluding steroid dienone is 3. The van der Waals surface area contributed by atoms with Crippen LogP contribution < -0.4 is 14.8 Å². The molecule has 9 nitrogen and oxygen atoms in total. The summed E-state index contributed by atoms with van der Waals surface area (Å²) >= 11 is 0. The van der Waals surface area contributed by atoms with Crippen LogP contribution in [0.5, 0.6) is 11.5 Å². The Morgan fingerprint density at radius 1 is 1.03 bits per heavy atom. The van der Waals surface area contributed by atoms with Gasteiger partial charge in [-0.25, -0.2) is 4.79 Å². The number of nitrogens with one attached hydrogen (secondary N) is 1. The lowest BCUT2D eigenvalue weighted by Gasteiger charge is -2.37. The van der Waals surface area contributed by atoms with Crippen molar-refractivity contribution in [2.45, 2.75) is 51.6 Å². The lowest BCUT2D eigenvalue weighted by atomic mass is 9.71. The number of methoxy groups -OCH3 is 2. The summed E-state index contributed by atoms with van der Waals surface area (Å²) in [5.41, 5.74) is 3.64. The molecule has 2 aliphatic rings. The number of dihydropyridines is 1. The Morgan fingerprint density at radius 3 is 2.27 bits per heavy atom. The minimum Gasteiger partial charge on any atom is -0.493 e. The third kappa shape index (κ3) is 5.07. The smallest absolute Gasteiger partial charge is 0.337 e. The monoisotopic (exact) mass is 506 g/mol. The number of esters is 1. The van der Waals surface area contributed by atoms with Crippen LogP contribution in [0.1, 0.15) is 56.6 Å². The molecular formula is C28H30N2O7. The second-order valence-corrected chi connectivity index (χ2v) is 9.43. The molecule has 2 aromatic carbocycles. The van der Waals surface area contributed by atoms with E-state index in [1.807, 2.05) is 18.2 Å². The Balaban J connectivity index is 1.78. The van der Waals surface area contributed by atoms with Crippen molar-refractivity contribution in [3.8, 4) is 11.5 Å². The van der Waals surface area contributed by atoms with E-state index in [-0.39, 0.29) is 29.9 Å². The number of carbonyl (C=O) groups excluding carboxylic acids is 2. The maximum Gasteiger partial charge on any atom is 0.337 e. The summed E-state index contributed by atoms with van der Waals surface area (Å²) < 4.78 is 16.3. The molecule has 0 saturated carbocycles. The van der Waals surface area contributed by atoms with Gasteiger partial charge in [0.15, 0.2) is 17.3 Å². The number of non-ortho nitro benzene ring substituents is 1. The third-order valence-corrected chi connectivity index (χ3v) is 6.71. The van der Waals surface area contributed by atoms with Gasteiger partial charge in [0, 0.05) is 41.4 Å². The highest BCUT2D eigenvalue weighted by Gasteiger charge is 2.41. The van der Waals surface area contributed by atoms with Gasteiger partial charge in [-0.3, -0.25) is 14.9 Å². The molecule has 37 heavy (non-hydrogen) atoms. The molecule has 1 N–H and O–H groups in total. The van der Waals surface area contributed by atoms with Crippen LogP contribution in [-0.4, -0.2) is 37.0 Å². The molecular weight excluding hydrogens is 476 g/mol. The number of nitro groups is 1. The number of hydrogen-bond donors (Lipinski definition) is 1. The molecule has 9 heteroatoms. The van der Waals surface area contributed by atoms with E-state index in [1.165, 1.54) is 12.1 Å². The molecule has 0 saturated heterocycles. The first-order valence-corrected chi connectivity index (χ1v) is 12.1. The lowest BCUT2D eigenvalue weighted by Crippen LogP contribution is -2.36. The number of Topliss-reactive ketones (excluding diaryl/α,β-unsaturated/α-hetero) is 1. The van der Waals surface area contributed by atoms with Crippen LogP contribution in [0.4, 0.5) is 5.69 Å². The molecule has 0 radical (unpaired) electrons. The fourth-order valence-electron chi connectivity index (χ4n) is 5.05. The van der Waals surface area contributed by atoms with E-state index < -0.39 is 16.8 Å². The number of carbonyl (C=O) groups is 2. The van der Waals surface area contributed by atoms with Gasteiger partial charge in [-0.1, -0.05) is 18.2 Å². The Bertz CT molecular complexity index is 1310. The Kier molecular flexibility index (Phi) is 7.33. The average Bonchev–Trinajstić information content (AvgIpc) is 2.86. The van der Waals surface area contributed by atoms with Crippen LogP contribution >= 0.6 is 0 Å². The first-order chi connectivity index (χ1) is 17.6. The molecule has 0 amide bonds. The SMILES string of the molecule is COc1ccc([C@@H]2CC(=O)C3=C(C2)NC(C)=C(C(=O)OC(C)C)[C@@H]3c2ccc([N+](=O)[O-])cc2)cc1OC. The van der Waals surface area contributed by atoms with Gasteiger partial charge in [-0.05, 0) is 56.4 Å². The molecule has 1 aliphatic carbocycles. The fourth-order valence-corrected chi connectivity index (χ4v) is 5.05. The molecule has 2 aromatic rings. The number of benzene rings is 2. The van der Waals surface area contributed by atoms with Gasteiger partial charge in [0.25, 0.3) is 5.69 Å². The largest absolute Gasteiger partial charge is 0.493 e. The second-order valence-electron chi connectivity index (χ2n) is 9.43. The van der Waals surface area contributed by atoms with Gasteiger partial charge in [-0.15, -0.1) is 0 Å². The van der Waals surface area contributed by atoms with E-state index in [9.17, 15) is 19.7 Å². The van der Waals surface area contributed by atoms with E-state index in [1.54, 1.807) is 47.1 Å². The van der Waals surface area contributed by atoms with Crippen LogP contribution in [0.15, 0.2) is 65.0 Å². The molecule has 2 atom stereocenters. The first-order valence-electron chi connectivity index (χ1n) is 12.1. The van der Waals surface area contributed by atoms with E-state index in [2.05, 4.69) is 5.32 Å². The zero-order chi connectivity index (χ0) is 26.9. The standard InChI is InChI=1S/C28H30N2O7/c1-15(2)37-28(32)25-16(3)29-21-12-19(18-8-11-23(35-4)24(14-18)36-5)13-22(31)27(21)26(25)17-6-9-20(10-7-17)30(33)34/h6-11,14-15,19,26,29H,12-13H2,1-5H3/t19-,26-/m0/s1. The highest BCUT2D eigenvalue weighted by molar-refractivity contribution is 6.04. The van der Waals surface area contributed by atoms with E-state index in [0.717, 1.165) is 11.3 Å². The molecule has 0 aromatic heterocycles. The maximum absolute atomic E-state index is 13.7. The predicted molar refractivity (Wildman–Crippen MR) is 136 cm³/mol. The number of rotatable bonds is 7. The minimum absolute atomic E-state index is 0.0672. The average molecular weight is 507 g/mol. The summed E-state index contributed by atoms with van der Waals surface area (Å²) in [7, 11) is 3.14. The molecule has 1 heterocycles. The predicted octanol–water partition coefficient (Wildman–Crippen LogP) is 4.93. The fraction of sp³-hybridized carbons (Fsp3) is 0.357. The van der Waals surface area contributed by atoms with Crippen molar-refractivity contribution in [2.75, 3.05) is 14.2 Å². The van der Waals surface area contributed by atoms with Crippen LogP contribution in [0, 0.1) is 10.1 Å². The van der Waals surface area contributed by atoms with E-state index >= 15 is 0 Å². The maximum atomic E-state index is 13.7. The van der Waals surface area contributed by atoms with Gasteiger partial charge in [0.05, 0.1) is 30.8 Å². The third-order valence-electron chi connectivity index (χ3n) is 6.71. The summed E-state index contributed by atoms with van der Waals surface area (Å²) in [6.07, 6.45) is 0.437. The molecule has 0 spiro atoms. The molecule has 0 bridgehead atoms. The van der Waals surface area contributed by atoms with Crippen molar-refractivity contribution in [1.29, 1.82) is 0 Å². The van der Waals surface area contributed by atoms with E-state index in [4.69, 9.17) is 14.2 Å². The van der Waals surface area contributed by atoms with Gasteiger partial charge < -0.3 is 19.5 Å². The van der Waals surface area contributed by atoms with Crippen molar-refractivity contribution in [3.63, 3.8) is 0 Å². The summed E-state index contributed by atoms with van der Waals surface area (Å²) in [6.45, 7) is 5.30. The van der Waals surface area contributed by atoms with Crippen molar-refractivity contribution < 1.29 is 28.7 Å². The Labute approximate surface area is 215 Å². The summed E-state index contributed by atoms with van der Waals surface area (Å²) in [4.78, 5) is 37.6. The lowest BCUT2D eigenvalue weighted by molar-refractivity contribution is -0.384. The van der Waals surface area contributed by atoms with Crippen LogP contribution in [0.3, 0.4) is 0 Å². The van der Waals surface area contributed by atoms with Gasteiger partial charge in [0.1, 0.15) is 0 Å². The Hall–Kier alpha value is -4.14. The first kappa shape index (κ1) is 25.9. The molecule has 0 unspecified atom stereocenters. The molecule has 1 aliphatic heterocycles. The van der Waals surface area contributed by atoms with Crippen molar-refractivity contribution in [3.05, 3.63) is 86.2 Å². The van der Waals surface area contributed by atoms with Crippen LogP contribution in [-0.2, 0) is 14.3 Å². The van der Waals surface area contributed by atoms with Gasteiger partial charge in [0.2, 0.25) is 0 Å². The van der Waals surface area contributed by atoms with Crippen molar-refractivity contribution in [1.82, 2.24) is 5.32 Å². The van der Waals surface area contributed by atoms with Gasteiger partial charge in [-0.2, -0.15) is 0 Å². The summed E-state index contributed by atoms with van der Waals surface area (Å²) in [5.74, 6) is -0.226. The normalized spacial score (nSPS) is 19.4. The summed E-state index contributed by atoms with van der Waals surface area (Å²) in [6, 6.07) is 11.6. The highest BCUT2D eigenvalue weighted by atomic mass is 16.6. The van der Waals surface area contributed by atoms with Crippen molar-refractivity contribution in [2.24, 2.45) is 0 Å². The van der Waals surface area contributed by atoms with Crippen LogP contribution in [0.25, 0.3) is 0 Å². The number of nitrogens with zero attached hydrogens (tertiary/aromatic N) is 1. The number of ketones is 1. The van der Waals surface area contributed by atoms with E-state index in [0.29, 0.717) is 40.3 Å². The summed E-state index contributed by atoms with van der Waals surface area (Å²) in [5, 5.41) is 14.5. The molecule has 4 rings (SSSR count). The quantitative estimate of drug-likeness (QED) is 0.319. The zero-order valence-electron chi connectivity index (χ0n) is 21.5. The topological polar surface area (TPSA) is 117 Å². The number of nitro benzene ring substituents is 1. The highest BCUT2D eigenvalue weighted by Crippen LogP contribution is 2.46. The number of hydrogen-bond acceptors (Lipinski definition) is 8. The van der Waals surface area contributed by atoms with Gasteiger partial charge >= 0.3 is 5.97 Å². The minimum atomic E-state index is -0.692. The Morgan fingerprint density at radius 2 is 1.68 bits per heavy atom. The second kappa shape index (κ2) is 10.5.